The van der Waals surface area contributed by atoms with Crippen LogP contribution in [0.5, 0.6) is 0 Å². The number of sulfone groups is 1. The maximum Gasteiger partial charge on any atom is 0.152 e. The second-order valence-electron chi connectivity index (χ2n) is 5.65. The summed E-state index contributed by atoms with van der Waals surface area (Å²) in [7, 11) is -1.15. The maximum absolute atomic E-state index is 11.8. The molecule has 1 heterocycles. The van der Waals surface area contributed by atoms with Gasteiger partial charge < -0.3 is 4.90 Å². The van der Waals surface area contributed by atoms with Gasteiger partial charge >= 0.3 is 0 Å². The summed E-state index contributed by atoms with van der Waals surface area (Å²) in [5.41, 5.74) is 1.15. The van der Waals surface area contributed by atoms with Crippen LogP contribution in [0, 0.1) is 0 Å². The van der Waals surface area contributed by atoms with Gasteiger partial charge in [0.25, 0.3) is 0 Å². The normalized spacial score (nSPS) is 12.8. The van der Waals surface area contributed by atoms with Crippen LogP contribution in [0.4, 0.5) is 5.82 Å². The third-order valence-electron chi connectivity index (χ3n) is 3.85. The Hall–Kier alpha value is -1.95. The molecule has 0 saturated carbocycles. The van der Waals surface area contributed by atoms with E-state index in [4.69, 9.17) is 0 Å². The monoisotopic (exact) mass is 333 g/mol. The molecule has 5 nitrogen and oxygen atoms in total. The molecular formula is C17H23N3O2S. The Kier molecular flexibility index (Phi) is 5.71. The Bertz CT molecular complexity index is 733. The van der Waals surface area contributed by atoms with Crippen molar-refractivity contribution in [2.24, 2.45) is 0 Å². The summed E-state index contributed by atoms with van der Waals surface area (Å²) in [5.74, 6) is 1.75. The third kappa shape index (κ3) is 5.03. The Morgan fingerprint density at radius 2 is 1.87 bits per heavy atom. The van der Waals surface area contributed by atoms with Crippen molar-refractivity contribution < 1.29 is 8.42 Å². The molecule has 0 unspecified atom stereocenters. The third-order valence-corrected chi connectivity index (χ3v) is 5.72. The zero-order chi connectivity index (χ0) is 16.9. The summed E-state index contributed by atoms with van der Waals surface area (Å²) in [6, 6.07) is 11.7. The number of nitrogens with zero attached hydrogens (tertiary/aromatic N) is 3. The van der Waals surface area contributed by atoms with Crippen LogP contribution in [0.1, 0.15) is 25.2 Å². The van der Waals surface area contributed by atoms with Crippen LogP contribution in [0.15, 0.2) is 42.6 Å². The van der Waals surface area contributed by atoms with Gasteiger partial charge in [-0.15, -0.1) is 0 Å². The predicted molar refractivity (Wildman–Crippen MR) is 93.5 cm³/mol. The van der Waals surface area contributed by atoms with Crippen molar-refractivity contribution in [1.82, 2.24) is 9.97 Å². The molecule has 23 heavy (non-hydrogen) atoms. The molecular weight excluding hydrogens is 310 g/mol. The predicted octanol–water partition coefficient (Wildman–Crippen LogP) is 2.33. The Morgan fingerprint density at radius 3 is 2.52 bits per heavy atom. The molecule has 1 aromatic heterocycles. The Balaban J connectivity index is 2.12. The fourth-order valence-corrected chi connectivity index (χ4v) is 3.47. The van der Waals surface area contributed by atoms with E-state index in [1.165, 1.54) is 0 Å². The first kappa shape index (κ1) is 17.4. The summed E-state index contributed by atoms with van der Waals surface area (Å²) < 4.78 is 23.6. The minimum absolute atomic E-state index is 0.123. The standard InChI is InChI=1S/C17H23N3O2S/c1-4-23(21,22)13-14(2)20(3)17-10-11-18-16(19-17)12-15-8-6-5-7-9-15/h5-11,14H,4,12-13H2,1-3H3/t14-/m1/s1. The largest absolute Gasteiger partial charge is 0.356 e. The molecule has 0 aliphatic heterocycles. The van der Waals surface area contributed by atoms with Crippen LogP contribution in [-0.4, -0.2) is 43.0 Å². The maximum atomic E-state index is 11.8. The van der Waals surface area contributed by atoms with Crippen molar-refractivity contribution >= 4 is 15.7 Å². The SMILES string of the molecule is CCS(=O)(=O)C[C@@H](C)N(C)c1ccnc(Cc2ccccc2)n1. The van der Waals surface area contributed by atoms with Gasteiger partial charge in [0.15, 0.2) is 9.84 Å². The van der Waals surface area contributed by atoms with E-state index in [-0.39, 0.29) is 17.5 Å². The summed E-state index contributed by atoms with van der Waals surface area (Å²) in [5, 5.41) is 0. The summed E-state index contributed by atoms with van der Waals surface area (Å²) in [4.78, 5) is 10.8. The number of benzene rings is 1. The highest BCUT2D eigenvalue weighted by molar-refractivity contribution is 7.91. The van der Waals surface area contributed by atoms with Crippen molar-refractivity contribution in [3.05, 3.63) is 54.0 Å². The summed E-state index contributed by atoms with van der Waals surface area (Å²) in [6.45, 7) is 3.57. The first-order chi connectivity index (χ1) is 10.9. The average molecular weight is 333 g/mol. The number of hydrogen-bond acceptors (Lipinski definition) is 5. The van der Waals surface area contributed by atoms with Crippen molar-refractivity contribution in [3.8, 4) is 0 Å². The topological polar surface area (TPSA) is 63.2 Å². The van der Waals surface area contributed by atoms with Gasteiger partial charge in [0.05, 0.1) is 5.75 Å². The van der Waals surface area contributed by atoms with E-state index in [0.717, 1.165) is 17.2 Å². The Morgan fingerprint density at radius 1 is 1.17 bits per heavy atom. The molecule has 0 aliphatic carbocycles. The second-order valence-corrected chi connectivity index (χ2v) is 8.05. The van der Waals surface area contributed by atoms with Gasteiger partial charge in [0.1, 0.15) is 11.6 Å². The van der Waals surface area contributed by atoms with Crippen LogP contribution in [0.25, 0.3) is 0 Å². The molecule has 0 fully saturated rings. The number of rotatable bonds is 7. The highest BCUT2D eigenvalue weighted by Gasteiger charge is 2.19. The van der Waals surface area contributed by atoms with Gasteiger partial charge in [-0.25, -0.2) is 18.4 Å². The molecule has 6 heteroatoms. The van der Waals surface area contributed by atoms with Gasteiger partial charge in [0, 0.05) is 31.5 Å². The molecule has 0 aliphatic rings. The molecule has 0 N–H and O–H groups in total. The molecule has 2 aromatic rings. The zero-order valence-electron chi connectivity index (χ0n) is 13.8. The van der Waals surface area contributed by atoms with E-state index in [1.807, 2.05) is 55.3 Å². The van der Waals surface area contributed by atoms with Gasteiger partial charge in [-0.1, -0.05) is 37.3 Å². The van der Waals surface area contributed by atoms with Crippen LogP contribution >= 0.6 is 0 Å². The van der Waals surface area contributed by atoms with Gasteiger partial charge in [-0.3, -0.25) is 0 Å². The lowest BCUT2D eigenvalue weighted by Crippen LogP contribution is -2.36. The molecule has 0 bridgehead atoms. The van der Waals surface area contributed by atoms with E-state index in [0.29, 0.717) is 6.42 Å². The molecule has 1 aromatic carbocycles. The zero-order valence-corrected chi connectivity index (χ0v) is 14.6. The van der Waals surface area contributed by atoms with E-state index in [1.54, 1.807) is 13.1 Å². The smallest absolute Gasteiger partial charge is 0.152 e. The van der Waals surface area contributed by atoms with Crippen molar-refractivity contribution in [2.75, 3.05) is 23.5 Å². The molecule has 0 radical (unpaired) electrons. The van der Waals surface area contributed by atoms with Crippen molar-refractivity contribution in [3.63, 3.8) is 0 Å². The summed E-state index contributed by atoms with van der Waals surface area (Å²) in [6.07, 6.45) is 2.38. The van der Waals surface area contributed by atoms with E-state index >= 15 is 0 Å². The van der Waals surface area contributed by atoms with E-state index < -0.39 is 9.84 Å². The van der Waals surface area contributed by atoms with Gasteiger partial charge in [-0.2, -0.15) is 0 Å². The second kappa shape index (κ2) is 7.55. The van der Waals surface area contributed by atoms with Crippen LogP contribution in [-0.2, 0) is 16.3 Å². The van der Waals surface area contributed by atoms with Crippen molar-refractivity contribution in [1.29, 1.82) is 0 Å². The average Bonchev–Trinajstić information content (AvgIpc) is 2.55. The molecule has 1 atom stereocenters. The highest BCUT2D eigenvalue weighted by atomic mass is 32.2. The lowest BCUT2D eigenvalue weighted by Gasteiger charge is -2.25. The molecule has 0 amide bonds. The fourth-order valence-electron chi connectivity index (χ4n) is 2.27. The molecule has 124 valence electrons. The molecule has 0 saturated heterocycles. The van der Waals surface area contributed by atoms with Crippen LogP contribution < -0.4 is 4.90 Å². The fraction of sp³-hybridized carbons (Fsp3) is 0.412. The first-order valence-electron chi connectivity index (χ1n) is 7.70. The number of anilines is 1. The van der Waals surface area contributed by atoms with Gasteiger partial charge in [0.2, 0.25) is 0 Å². The minimum atomic E-state index is -3.02. The Labute approximate surface area is 138 Å². The number of aromatic nitrogens is 2. The minimum Gasteiger partial charge on any atom is -0.356 e. The number of hydrogen-bond donors (Lipinski definition) is 0. The summed E-state index contributed by atoms with van der Waals surface area (Å²) >= 11 is 0. The highest BCUT2D eigenvalue weighted by Crippen LogP contribution is 2.14. The van der Waals surface area contributed by atoms with Crippen LogP contribution in [0.3, 0.4) is 0 Å². The van der Waals surface area contributed by atoms with E-state index in [2.05, 4.69) is 9.97 Å². The first-order valence-corrected chi connectivity index (χ1v) is 9.52. The lowest BCUT2D eigenvalue weighted by molar-refractivity contribution is 0.588. The molecule has 0 spiro atoms. The van der Waals surface area contributed by atoms with E-state index in [9.17, 15) is 8.42 Å². The quantitative estimate of drug-likeness (QED) is 0.778. The molecule has 2 rings (SSSR count). The van der Waals surface area contributed by atoms with Crippen LogP contribution in [0.2, 0.25) is 0 Å². The lowest BCUT2D eigenvalue weighted by atomic mass is 10.1. The van der Waals surface area contributed by atoms with Gasteiger partial charge in [-0.05, 0) is 18.6 Å². The van der Waals surface area contributed by atoms with Crippen molar-refractivity contribution in [2.45, 2.75) is 26.3 Å².